The number of hydrogen-bond donors (Lipinski definition) is 2. The van der Waals surface area contributed by atoms with E-state index in [1.807, 2.05) is 6.92 Å². The van der Waals surface area contributed by atoms with E-state index in [4.69, 9.17) is 5.11 Å². The summed E-state index contributed by atoms with van der Waals surface area (Å²) < 4.78 is 1.63. The van der Waals surface area contributed by atoms with Crippen molar-refractivity contribution in [2.75, 3.05) is 0 Å². The number of amides is 1. The molecule has 0 aliphatic carbocycles. The standard InChI is InChI=1S/C11H17N3O3/c1-2-4-9(11(16)17)13-10(15)5-8-14-7-3-6-12-14/h3,6-7,9H,2,4-5,8H2,1H3,(H,13,15)(H,16,17). The van der Waals surface area contributed by atoms with Crippen LogP contribution >= 0.6 is 0 Å². The van der Waals surface area contributed by atoms with Gasteiger partial charge in [0.25, 0.3) is 0 Å². The lowest BCUT2D eigenvalue weighted by Gasteiger charge is -2.13. The highest BCUT2D eigenvalue weighted by atomic mass is 16.4. The van der Waals surface area contributed by atoms with Gasteiger partial charge in [-0.05, 0) is 12.5 Å². The zero-order valence-corrected chi connectivity index (χ0v) is 9.80. The molecule has 0 spiro atoms. The van der Waals surface area contributed by atoms with Gasteiger partial charge < -0.3 is 10.4 Å². The van der Waals surface area contributed by atoms with Gasteiger partial charge in [-0.25, -0.2) is 4.79 Å². The fourth-order valence-electron chi connectivity index (χ4n) is 1.46. The number of carbonyl (C=O) groups is 2. The first-order valence-electron chi connectivity index (χ1n) is 5.63. The number of aromatic nitrogens is 2. The predicted molar refractivity (Wildman–Crippen MR) is 61.3 cm³/mol. The predicted octanol–water partition coefficient (Wildman–Crippen LogP) is 0.643. The fourth-order valence-corrected chi connectivity index (χ4v) is 1.46. The van der Waals surface area contributed by atoms with Crippen molar-refractivity contribution in [1.29, 1.82) is 0 Å². The van der Waals surface area contributed by atoms with E-state index >= 15 is 0 Å². The molecule has 1 unspecified atom stereocenters. The monoisotopic (exact) mass is 239 g/mol. The maximum absolute atomic E-state index is 11.5. The second kappa shape index (κ2) is 6.67. The zero-order valence-electron chi connectivity index (χ0n) is 9.80. The first-order valence-corrected chi connectivity index (χ1v) is 5.63. The molecule has 94 valence electrons. The Morgan fingerprint density at radius 3 is 2.82 bits per heavy atom. The number of carboxylic acid groups (broad SMARTS) is 1. The topological polar surface area (TPSA) is 84.2 Å². The molecule has 1 rings (SSSR count). The van der Waals surface area contributed by atoms with Gasteiger partial charge in [0.1, 0.15) is 6.04 Å². The number of nitrogens with zero attached hydrogens (tertiary/aromatic N) is 2. The molecule has 0 saturated heterocycles. The summed E-state index contributed by atoms with van der Waals surface area (Å²) in [5.41, 5.74) is 0. The van der Waals surface area contributed by atoms with Gasteiger partial charge in [-0.15, -0.1) is 0 Å². The van der Waals surface area contributed by atoms with E-state index in [-0.39, 0.29) is 12.3 Å². The van der Waals surface area contributed by atoms with Crippen LogP contribution in [0.5, 0.6) is 0 Å². The van der Waals surface area contributed by atoms with Crippen molar-refractivity contribution < 1.29 is 14.7 Å². The average molecular weight is 239 g/mol. The van der Waals surface area contributed by atoms with E-state index in [1.54, 1.807) is 23.1 Å². The van der Waals surface area contributed by atoms with Gasteiger partial charge in [0.15, 0.2) is 0 Å². The summed E-state index contributed by atoms with van der Waals surface area (Å²) in [4.78, 5) is 22.3. The number of aliphatic carboxylic acids is 1. The first-order chi connectivity index (χ1) is 8.13. The molecule has 0 bridgehead atoms. The Labute approximate surface area is 99.6 Å². The summed E-state index contributed by atoms with van der Waals surface area (Å²) >= 11 is 0. The molecule has 1 aromatic rings. The number of hydrogen-bond acceptors (Lipinski definition) is 3. The van der Waals surface area contributed by atoms with E-state index in [9.17, 15) is 9.59 Å². The minimum Gasteiger partial charge on any atom is -0.480 e. The van der Waals surface area contributed by atoms with Gasteiger partial charge in [-0.1, -0.05) is 13.3 Å². The summed E-state index contributed by atoms with van der Waals surface area (Å²) in [5, 5.41) is 15.3. The van der Waals surface area contributed by atoms with Crippen molar-refractivity contribution in [3.05, 3.63) is 18.5 Å². The minimum atomic E-state index is -0.987. The number of rotatable bonds is 7. The number of carbonyl (C=O) groups excluding carboxylic acids is 1. The Hall–Kier alpha value is -1.85. The number of carboxylic acids is 1. The zero-order chi connectivity index (χ0) is 12.7. The van der Waals surface area contributed by atoms with Gasteiger partial charge in [0.2, 0.25) is 5.91 Å². The molecule has 0 radical (unpaired) electrons. The Morgan fingerprint density at radius 2 is 2.29 bits per heavy atom. The molecule has 0 fully saturated rings. The SMILES string of the molecule is CCCC(NC(=O)CCn1cccn1)C(=O)O. The molecule has 17 heavy (non-hydrogen) atoms. The van der Waals surface area contributed by atoms with Crippen LogP contribution in [0.4, 0.5) is 0 Å². The van der Waals surface area contributed by atoms with Crippen LogP contribution in [0.1, 0.15) is 26.2 Å². The molecule has 0 aromatic carbocycles. The van der Waals surface area contributed by atoms with Gasteiger partial charge in [0, 0.05) is 25.4 Å². The average Bonchev–Trinajstić information content (AvgIpc) is 2.78. The summed E-state index contributed by atoms with van der Waals surface area (Å²) in [6.45, 7) is 2.34. The lowest BCUT2D eigenvalue weighted by molar-refractivity contribution is -0.142. The van der Waals surface area contributed by atoms with Crippen LogP contribution in [0, 0.1) is 0 Å². The molecule has 0 aliphatic heterocycles. The highest BCUT2D eigenvalue weighted by Gasteiger charge is 2.18. The van der Waals surface area contributed by atoms with E-state index in [0.717, 1.165) is 6.42 Å². The first kappa shape index (κ1) is 13.2. The molecule has 6 heteroatoms. The van der Waals surface area contributed by atoms with Crippen LogP contribution in [0.15, 0.2) is 18.5 Å². The Bertz CT molecular complexity index is 362. The Morgan fingerprint density at radius 1 is 1.53 bits per heavy atom. The second-order valence-electron chi connectivity index (χ2n) is 3.77. The quantitative estimate of drug-likeness (QED) is 0.731. The van der Waals surface area contributed by atoms with Crippen LogP contribution in [0.25, 0.3) is 0 Å². The highest BCUT2D eigenvalue weighted by molar-refractivity contribution is 5.83. The second-order valence-corrected chi connectivity index (χ2v) is 3.77. The van der Waals surface area contributed by atoms with Crippen LogP contribution in [0.2, 0.25) is 0 Å². The smallest absolute Gasteiger partial charge is 0.326 e. The third kappa shape index (κ3) is 4.67. The van der Waals surface area contributed by atoms with E-state index in [2.05, 4.69) is 10.4 Å². The number of aryl methyl sites for hydroxylation is 1. The minimum absolute atomic E-state index is 0.231. The van der Waals surface area contributed by atoms with E-state index in [1.165, 1.54) is 0 Å². The molecule has 6 nitrogen and oxygen atoms in total. The molecular formula is C11H17N3O3. The van der Waals surface area contributed by atoms with E-state index in [0.29, 0.717) is 13.0 Å². The van der Waals surface area contributed by atoms with Gasteiger partial charge in [0.05, 0.1) is 0 Å². The molecule has 1 aromatic heterocycles. The maximum Gasteiger partial charge on any atom is 0.326 e. The van der Waals surface area contributed by atoms with Gasteiger partial charge in [-0.2, -0.15) is 5.10 Å². The maximum atomic E-state index is 11.5. The molecular weight excluding hydrogens is 222 g/mol. The fraction of sp³-hybridized carbons (Fsp3) is 0.545. The van der Waals surface area contributed by atoms with Crippen molar-refractivity contribution in [1.82, 2.24) is 15.1 Å². The summed E-state index contributed by atoms with van der Waals surface area (Å²) in [6.07, 6.45) is 4.79. The van der Waals surface area contributed by atoms with Crippen LogP contribution in [-0.4, -0.2) is 32.8 Å². The Balaban J connectivity index is 2.34. The molecule has 1 atom stereocenters. The highest BCUT2D eigenvalue weighted by Crippen LogP contribution is 1.98. The van der Waals surface area contributed by atoms with Crippen LogP contribution in [-0.2, 0) is 16.1 Å². The normalized spacial score (nSPS) is 12.1. The van der Waals surface area contributed by atoms with Crippen LogP contribution in [0.3, 0.4) is 0 Å². The number of nitrogens with one attached hydrogen (secondary N) is 1. The van der Waals surface area contributed by atoms with Crippen molar-refractivity contribution in [2.45, 2.75) is 38.8 Å². The lowest BCUT2D eigenvalue weighted by Crippen LogP contribution is -2.40. The molecule has 0 saturated carbocycles. The molecule has 2 N–H and O–H groups in total. The van der Waals surface area contributed by atoms with Crippen LogP contribution < -0.4 is 5.32 Å². The van der Waals surface area contributed by atoms with Crippen molar-refractivity contribution in [2.24, 2.45) is 0 Å². The van der Waals surface area contributed by atoms with Gasteiger partial charge in [-0.3, -0.25) is 9.48 Å². The summed E-state index contributed by atoms with van der Waals surface area (Å²) in [5.74, 6) is -1.25. The molecule has 1 amide bonds. The largest absolute Gasteiger partial charge is 0.480 e. The lowest BCUT2D eigenvalue weighted by atomic mass is 10.1. The molecule has 0 aliphatic rings. The third-order valence-electron chi connectivity index (χ3n) is 2.34. The van der Waals surface area contributed by atoms with Crippen molar-refractivity contribution in [3.63, 3.8) is 0 Å². The molecule has 1 heterocycles. The Kier molecular flexibility index (Phi) is 5.19. The summed E-state index contributed by atoms with van der Waals surface area (Å²) in [7, 11) is 0. The van der Waals surface area contributed by atoms with Crippen molar-refractivity contribution >= 4 is 11.9 Å². The third-order valence-corrected chi connectivity index (χ3v) is 2.34. The van der Waals surface area contributed by atoms with Gasteiger partial charge >= 0.3 is 5.97 Å². The van der Waals surface area contributed by atoms with Crippen molar-refractivity contribution in [3.8, 4) is 0 Å². The van der Waals surface area contributed by atoms with E-state index < -0.39 is 12.0 Å². The summed E-state index contributed by atoms with van der Waals surface area (Å²) in [6, 6.07) is 0.986.